The van der Waals surface area contributed by atoms with Gasteiger partial charge in [-0.15, -0.1) is 0 Å². The van der Waals surface area contributed by atoms with Gasteiger partial charge in [-0.05, 0) is 25.8 Å². The quantitative estimate of drug-likeness (QED) is 0.576. The molecule has 0 aromatic rings. The first kappa shape index (κ1) is 11.0. The smallest absolute Gasteiger partial charge is 0.0700 e. The van der Waals surface area contributed by atoms with Gasteiger partial charge in [0.15, 0.2) is 0 Å². The van der Waals surface area contributed by atoms with Gasteiger partial charge in [0, 0.05) is 26.2 Å². The lowest BCUT2D eigenvalue weighted by Gasteiger charge is -2.10. The monoisotopic (exact) mass is 186 g/mol. The minimum absolute atomic E-state index is 0.478. The molecule has 1 heterocycles. The van der Waals surface area contributed by atoms with Crippen molar-refractivity contribution in [3.63, 3.8) is 0 Å². The Bertz CT molecular complexity index is 113. The second-order valence-electron chi connectivity index (χ2n) is 3.59. The maximum Gasteiger partial charge on any atom is 0.0700 e. The Labute approximate surface area is 81.2 Å². The van der Waals surface area contributed by atoms with Crippen LogP contribution in [0.2, 0.25) is 0 Å². The molecular weight excluding hydrogens is 164 g/mol. The van der Waals surface area contributed by atoms with Crippen LogP contribution >= 0.6 is 0 Å². The van der Waals surface area contributed by atoms with Gasteiger partial charge < -0.3 is 15.4 Å². The normalized spacial score (nSPS) is 22.4. The van der Waals surface area contributed by atoms with E-state index in [9.17, 15) is 0 Å². The lowest BCUT2D eigenvalue weighted by atomic mass is 10.2. The minimum atomic E-state index is 0.478. The predicted molar refractivity (Wildman–Crippen MR) is 55.0 cm³/mol. The van der Waals surface area contributed by atoms with Crippen LogP contribution in [0.1, 0.15) is 26.2 Å². The highest BCUT2D eigenvalue weighted by Crippen LogP contribution is 2.10. The van der Waals surface area contributed by atoms with Crippen LogP contribution in [0.3, 0.4) is 0 Å². The summed E-state index contributed by atoms with van der Waals surface area (Å²) in [5.74, 6) is 0. The van der Waals surface area contributed by atoms with E-state index in [1.165, 1.54) is 19.3 Å². The van der Waals surface area contributed by atoms with Crippen molar-refractivity contribution in [1.82, 2.24) is 10.6 Å². The zero-order valence-corrected chi connectivity index (χ0v) is 8.64. The Hall–Kier alpha value is -0.120. The van der Waals surface area contributed by atoms with Gasteiger partial charge in [0.1, 0.15) is 0 Å². The molecule has 1 aliphatic heterocycles. The Balaban J connectivity index is 1.78. The van der Waals surface area contributed by atoms with Crippen molar-refractivity contribution in [2.24, 2.45) is 0 Å². The molecule has 1 atom stereocenters. The van der Waals surface area contributed by atoms with Gasteiger partial charge in [-0.25, -0.2) is 0 Å². The van der Waals surface area contributed by atoms with Gasteiger partial charge in [-0.3, -0.25) is 0 Å². The average molecular weight is 186 g/mol. The standard InChI is InChI=1S/C10H22N2O/c1-2-5-11-6-7-12-9-10-4-3-8-13-10/h10-12H,2-9H2,1H3/t10-/m1/s1. The zero-order chi connectivity index (χ0) is 9.36. The average Bonchev–Trinajstić information content (AvgIpc) is 2.63. The third-order valence-corrected chi connectivity index (χ3v) is 2.30. The molecule has 0 aliphatic carbocycles. The molecular formula is C10H22N2O. The van der Waals surface area contributed by atoms with E-state index >= 15 is 0 Å². The first-order valence-electron chi connectivity index (χ1n) is 5.46. The first-order valence-corrected chi connectivity index (χ1v) is 5.46. The van der Waals surface area contributed by atoms with Crippen molar-refractivity contribution < 1.29 is 4.74 Å². The second-order valence-corrected chi connectivity index (χ2v) is 3.59. The van der Waals surface area contributed by atoms with E-state index in [1.807, 2.05) is 0 Å². The Morgan fingerprint density at radius 2 is 2.08 bits per heavy atom. The van der Waals surface area contributed by atoms with Crippen LogP contribution in [-0.4, -0.2) is 38.9 Å². The molecule has 2 N–H and O–H groups in total. The van der Waals surface area contributed by atoms with Crippen LogP contribution in [-0.2, 0) is 4.74 Å². The fourth-order valence-corrected chi connectivity index (χ4v) is 1.55. The molecule has 0 amide bonds. The van der Waals surface area contributed by atoms with Gasteiger partial charge in [0.25, 0.3) is 0 Å². The molecule has 0 bridgehead atoms. The summed E-state index contributed by atoms with van der Waals surface area (Å²) >= 11 is 0. The molecule has 0 saturated carbocycles. The van der Waals surface area contributed by atoms with Crippen LogP contribution in [0.5, 0.6) is 0 Å². The molecule has 0 radical (unpaired) electrons. The number of nitrogens with one attached hydrogen (secondary N) is 2. The first-order chi connectivity index (χ1) is 6.43. The van der Waals surface area contributed by atoms with E-state index in [4.69, 9.17) is 4.74 Å². The van der Waals surface area contributed by atoms with E-state index in [2.05, 4.69) is 17.6 Å². The van der Waals surface area contributed by atoms with Crippen molar-refractivity contribution in [1.29, 1.82) is 0 Å². The van der Waals surface area contributed by atoms with Crippen molar-refractivity contribution >= 4 is 0 Å². The molecule has 1 saturated heterocycles. The SMILES string of the molecule is CCCNCCNC[C@H]1CCCO1. The number of hydrogen-bond acceptors (Lipinski definition) is 3. The molecule has 1 aliphatic rings. The van der Waals surface area contributed by atoms with Crippen molar-refractivity contribution in [2.75, 3.05) is 32.8 Å². The lowest BCUT2D eigenvalue weighted by molar-refractivity contribution is 0.110. The largest absolute Gasteiger partial charge is 0.377 e. The summed E-state index contributed by atoms with van der Waals surface area (Å²) in [6, 6.07) is 0. The number of ether oxygens (including phenoxy) is 1. The molecule has 0 unspecified atom stereocenters. The Morgan fingerprint density at radius 3 is 2.77 bits per heavy atom. The summed E-state index contributed by atoms with van der Waals surface area (Å²) in [5.41, 5.74) is 0. The fourth-order valence-electron chi connectivity index (χ4n) is 1.55. The Kier molecular flexibility index (Phi) is 6.15. The maximum absolute atomic E-state index is 5.50. The van der Waals surface area contributed by atoms with Crippen LogP contribution in [0.25, 0.3) is 0 Å². The van der Waals surface area contributed by atoms with E-state index in [0.29, 0.717) is 6.10 Å². The molecule has 3 heteroatoms. The molecule has 0 aromatic heterocycles. The molecule has 0 aromatic carbocycles. The van der Waals surface area contributed by atoms with Gasteiger partial charge in [-0.2, -0.15) is 0 Å². The maximum atomic E-state index is 5.50. The van der Waals surface area contributed by atoms with Gasteiger partial charge in [0.2, 0.25) is 0 Å². The van der Waals surface area contributed by atoms with Crippen molar-refractivity contribution in [2.45, 2.75) is 32.3 Å². The molecule has 1 rings (SSSR count). The van der Waals surface area contributed by atoms with Crippen LogP contribution in [0.15, 0.2) is 0 Å². The highest BCUT2D eigenvalue weighted by Gasteiger charge is 2.13. The highest BCUT2D eigenvalue weighted by atomic mass is 16.5. The van der Waals surface area contributed by atoms with Crippen molar-refractivity contribution in [3.05, 3.63) is 0 Å². The summed E-state index contributed by atoms with van der Waals surface area (Å²) < 4.78 is 5.50. The fraction of sp³-hybridized carbons (Fsp3) is 1.00. The van der Waals surface area contributed by atoms with Crippen LogP contribution in [0.4, 0.5) is 0 Å². The van der Waals surface area contributed by atoms with E-state index in [-0.39, 0.29) is 0 Å². The van der Waals surface area contributed by atoms with E-state index in [1.54, 1.807) is 0 Å². The molecule has 3 nitrogen and oxygen atoms in total. The van der Waals surface area contributed by atoms with Crippen LogP contribution < -0.4 is 10.6 Å². The third-order valence-electron chi connectivity index (χ3n) is 2.30. The van der Waals surface area contributed by atoms with Gasteiger partial charge in [-0.1, -0.05) is 6.92 Å². The highest BCUT2D eigenvalue weighted by molar-refractivity contribution is 4.67. The summed E-state index contributed by atoms with van der Waals surface area (Å²) in [4.78, 5) is 0. The van der Waals surface area contributed by atoms with Gasteiger partial charge >= 0.3 is 0 Å². The number of hydrogen-bond donors (Lipinski definition) is 2. The van der Waals surface area contributed by atoms with E-state index < -0.39 is 0 Å². The third kappa shape index (κ3) is 5.24. The topological polar surface area (TPSA) is 33.3 Å². The van der Waals surface area contributed by atoms with E-state index in [0.717, 1.165) is 32.8 Å². The summed E-state index contributed by atoms with van der Waals surface area (Å²) in [5, 5.41) is 6.76. The second kappa shape index (κ2) is 7.30. The Morgan fingerprint density at radius 1 is 1.23 bits per heavy atom. The lowest BCUT2D eigenvalue weighted by Crippen LogP contribution is -2.32. The summed E-state index contributed by atoms with van der Waals surface area (Å²) in [7, 11) is 0. The van der Waals surface area contributed by atoms with Crippen LogP contribution in [0, 0.1) is 0 Å². The molecule has 0 spiro atoms. The molecule has 1 fully saturated rings. The summed E-state index contributed by atoms with van der Waals surface area (Å²) in [6.07, 6.45) is 4.16. The zero-order valence-electron chi connectivity index (χ0n) is 8.64. The van der Waals surface area contributed by atoms with Crippen molar-refractivity contribution in [3.8, 4) is 0 Å². The minimum Gasteiger partial charge on any atom is -0.377 e. The summed E-state index contributed by atoms with van der Waals surface area (Å²) in [6.45, 7) is 7.42. The molecule has 13 heavy (non-hydrogen) atoms. The van der Waals surface area contributed by atoms with Gasteiger partial charge in [0.05, 0.1) is 6.10 Å². The molecule has 78 valence electrons. The number of rotatable bonds is 7. The predicted octanol–water partition coefficient (Wildman–Crippen LogP) is 0.755.